The van der Waals surface area contributed by atoms with E-state index in [-0.39, 0.29) is 5.91 Å². The number of nitrogens with zero attached hydrogens (tertiary/aromatic N) is 3. The Morgan fingerprint density at radius 1 is 1.29 bits per heavy atom. The van der Waals surface area contributed by atoms with Gasteiger partial charge in [0.05, 0.1) is 19.6 Å². The third-order valence-corrected chi connectivity index (χ3v) is 5.49. The quantitative estimate of drug-likeness (QED) is 0.808. The number of hydrogen-bond acceptors (Lipinski definition) is 4. The molecule has 2 aliphatic rings. The largest absolute Gasteiger partial charge is 0.381 e. The van der Waals surface area contributed by atoms with Gasteiger partial charge in [-0.15, -0.1) is 0 Å². The molecular formula is C18H23N3O2S. The van der Waals surface area contributed by atoms with Gasteiger partial charge in [0.25, 0.3) is 0 Å². The first kappa shape index (κ1) is 15.8. The molecule has 1 amide bonds. The Kier molecular flexibility index (Phi) is 4.67. The minimum absolute atomic E-state index is 0.178. The summed E-state index contributed by atoms with van der Waals surface area (Å²) in [5.74, 6) is 2.25. The van der Waals surface area contributed by atoms with E-state index in [1.807, 2.05) is 34.1 Å². The number of ether oxygens (including phenoxy) is 1. The highest BCUT2D eigenvalue weighted by molar-refractivity contribution is 7.07. The second-order valence-corrected chi connectivity index (χ2v) is 7.71. The van der Waals surface area contributed by atoms with Crippen LogP contribution in [0.2, 0.25) is 0 Å². The maximum absolute atomic E-state index is 12.7. The highest BCUT2D eigenvalue weighted by Crippen LogP contribution is 2.29. The Labute approximate surface area is 146 Å². The van der Waals surface area contributed by atoms with Gasteiger partial charge in [-0.3, -0.25) is 4.79 Å². The van der Waals surface area contributed by atoms with E-state index in [9.17, 15) is 4.79 Å². The third kappa shape index (κ3) is 3.87. The molecule has 0 aromatic carbocycles. The molecule has 0 unspecified atom stereocenters. The van der Waals surface area contributed by atoms with Crippen LogP contribution in [0.15, 0.2) is 29.2 Å². The molecule has 0 radical (unpaired) electrons. The zero-order valence-corrected chi connectivity index (χ0v) is 14.6. The lowest BCUT2D eigenvalue weighted by molar-refractivity contribution is -0.132. The number of hydrogen-bond donors (Lipinski definition) is 0. The summed E-state index contributed by atoms with van der Waals surface area (Å²) in [6, 6.07) is 2.03. The van der Waals surface area contributed by atoms with Crippen LogP contribution < -0.4 is 0 Å². The molecule has 24 heavy (non-hydrogen) atoms. The predicted octanol–water partition coefficient (Wildman–Crippen LogP) is 2.57. The molecule has 2 aromatic rings. The lowest BCUT2D eigenvalue weighted by atomic mass is 10.1. The van der Waals surface area contributed by atoms with Crippen molar-refractivity contribution in [2.75, 3.05) is 19.8 Å². The normalized spacial score (nSPS) is 20.7. The van der Waals surface area contributed by atoms with Crippen molar-refractivity contribution in [2.45, 2.75) is 32.4 Å². The van der Waals surface area contributed by atoms with Crippen molar-refractivity contribution in [3.63, 3.8) is 0 Å². The summed E-state index contributed by atoms with van der Waals surface area (Å²) < 4.78 is 8.08. The van der Waals surface area contributed by atoms with E-state index in [0.29, 0.717) is 18.9 Å². The minimum atomic E-state index is 0.178. The lowest BCUT2D eigenvalue weighted by Crippen LogP contribution is -2.36. The molecule has 0 N–H and O–H groups in total. The number of carbonyl (C=O) groups excluding carboxylic acids is 1. The lowest BCUT2D eigenvalue weighted by Gasteiger charge is -2.24. The van der Waals surface area contributed by atoms with Gasteiger partial charge in [-0.1, -0.05) is 0 Å². The molecule has 4 rings (SSSR count). The van der Waals surface area contributed by atoms with Crippen molar-refractivity contribution >= 4 is 17.2 Å². The van der Waals surface area contributed by atoms with E-state index in [2.05, 4.69) is 9.55 Å². The molecule has 1 aliphatic carbocycles. The van der Waals surface area contributed by atoms with Crippen LogP contribution in [-0.2, 0) is 29.0 Å². The van der Waals surface area contributed by atoms with Crippen molar-refractivity contribution in [3.8, 4) is 0 Å². The van der Waals surface area contributed by atoms with Crippen LogP contribution in [0.25, 0.3) is 0 Å². The van der Waals surface area contributed by atoms with Gasteiger partial charge in [0, 0.05) is 38.0 Å². The summed E-state index contributed by atoms with van der Waals surface area (Å²) in [7, 11) is 0. The third-order valence-electron chi connectivity index (χ3n) is 4.76. The smallest absolute Gasteiger partial charge is 0.227 e. The summed E-state index contributed by atoms with van der Waals surface area (Å²) in [5.41, 5.74) is 1.10. The molecule has 1 atom stereocenters. The second kappa shape index (κ2) is 7.07. The molecule has 0 saturated heterocycles. The molecule has 1 saturated carbocycles. The fourth-order valence-corrected chi connectivity index (χ4v) is 3.87. The Bertz CT molecular complexity index is 678. The molecule has 2 aromatic heterocycles. The zero-order valence-electron chi connectivity index (χ0n) is 13.8. The number of amides is 1. The maximum Gasteiger partial charge on any atom is 0.227 e. The van der Waals surface area contributed by atoms with E-state index in [4.69, 9.17) is 4.74 Å². The van der Waals surface area contributed by atoms with Gasteiger partial charge in [0.2, 0.25) is 5.91 Å². The number of fused-ring (bicyclic) bond motifs is 1. The molecule has 5 nitrogen and oxygen atoms in total. The van der Waals surface area contributed by atoms with Gasteiger partial charge in [-0.05, 0) is 41.1 Å². The van der Waals surface area contributed by atoms with Gasteiger partial charge in [-0.25, -0.2) is 4.98 Å². The summed E-state index contributed by atoms with van der Waals surface area (Å²) in [6.45, 7) is 3.81. The predicted molar refractivity (Wildman–Crippen MR) is 92.7 cm³/mol. The van der Waals surface area contributed by atoms with Crippen molar-refractivity contribution in [1.29, 1.82) is 0 Å². The van der Waals surface area contributed by atoms with Crippen LogP contribution in [0.1, 0.15) is 24.2 Å². The Morgan fingerprint density at radius 2 is 2.17 bits per heavy atom. The molecule has 3 heterocycles. The number of thiophene rings is 1. The monoisotopic (exact) mass is 345 g/mol. The fraction of sp³-hybridized carbons (Fsp3) is 0.556. The topological polar surface area (TPSA) is 47.4 Å². The van der Waals surface area contributed by atoms with E-state index in [1.54, 1.807) is 11.3 Å². The molecular weight excluding hydrogens is 322 g/mol. The summed E-state index contributed by atoms with van der Waals surface area (Å²) in [5, 5.41) is 4.07. The molecule has 6 heteroatoms. The standard InChI is InChI=1S/C18H23N3O2S/c22-18(7-15-3-6-24-13-15)21-9-16(12-23-11-14-1-2-14)8-20-5-4-19-17(20)10-21/h3-6,13-14,16H,1-2,7-12H2/t16-/m0/s1. The highest BCUT2D eigenvalue weighted by Gasteiger charge is 2.27. The van der Waals surface area contributed by atoms with E-state index in [0.717, 1.165) is 43.6 Å². The molecule has 0 bridgehead atoms. The molecule has 1 aliphatic heterocycles. The van der Waals surface area contributed by atoms with Crippen LogP contribution in [0.3, 0.4) is 0 Å². The Balaban J connectivity index is 1.42. The number of imidazole rings is 1. The van der Waals surface area contributed by atoms with Gasteiger partial charge in [0.1, 0.15) is 5.82 Å². The average Bonchev–Trinajstić information content (AvgIpc) is 3.13. The van der Waals surface area contributed by atoms with E-state index in [1.165, 1.54) is 12.8 Å². The van der Waals surface area contributed by atoms with Crippen molar-refractivity contribution in [1.82, 2.24) is 14.5 Å². The van der Waals surface area contributed by atoms with Crippen LogP contribution >= 0.6 is 11.3 Å². The maximum atomic E-state index is 12.7. The van der Waals surface area contributed by atoms with Crippen molar-refractivity contribution < 1.29 is 9.53 Å². The SMILES string of the molecule is O=C(Cc1ccsc1)N1Cc2nccn2C[C@H](COCC2CC2)C1. The Hall–Kier alpha value is -1.66. The minimum Gasteiger partial charge on any atom is -0.381 e. The van der Waals surface area contributed by atoms with Gasteiger partial charge < -0.3 is 14.2 Å². The van der Waals surface area contributed by atoms with Crippen LogP contribution in [0, 0.1) is 11.8 Å². The number of rotatable bonds is 6. The van der Waals surface area contributed by atoms with Crippen LogP contribution in [0.5, 0.6) is 0 Å². The second-order valence-electron chi connectivity index (χ2n) is 6.93. The number of aromatic nitrogens is 2. The van der Waals surface area contributed by atoms with E-state index < -0.39 is 0 Å². The summed E-state index contributed by atoms with van der Waals surface area (Å²) in [4.78, 5) is 19.1. The van der Waals surface area contributed by atoms with E-state index >= 15 is 0 Å². The van der Waals surface area contributed by atoms with Crippen LogP contribution in [0.4, 0.5) is 0 Å². The van der Waals surface area contributed by atoms with Crippen molar-refractivity contribution in [2.24, 2.45) is 11.8 Å². The van der Waals surface area contributed by atoms with Gasteiger partial charge >= 0.3 is 0 Å². The molecule has 1 fully saturated rings. The van der Waals surface area contributed by atoms with Crippen molar-refractivity contribution in [3.05, 3.63) is 40.6 Å². The molecule has 0 spiro atoms. The average molecular weight is 345 g/mol. The first-order valence-corrected chi connectivity index (χ1v) is 9.59. The molecule has 128 valence electrons. The highest BCUT2D eigenvalue weighted by atomic mass is 32.1. The van der Waals surface area contributed by atoms with Gasteiger partial charge in [0.15, 0.2) is 0 Å². The fourth-order valence-electron chi connectivity index (χ4n) is 3.20. The van der Waals surface area contributed by atoms with Crippen LogP contribution in [-0.4, -0.2) is 40.1 Å². The summed E-state index contributed by atoms with van der Waals surface area (Å²) >= 11 is 1.64. The van der Waals surface area contributed by atoms with Gasteiger partial charge in [-0.2, -0.15) is 11.3 Å². The first-order chi connectivity index (χ1) is 11.8. The summed E-state index contributed by atoms with van der Waals surface area (Å²) in [6.07, 6.45) is 6.92. The number of carbonyl (C=O) groups is 1. The Morgan fingerprint density at radius 3 is 2.96 bits per heavy atom. The zero-order chi connectivity index (χ0) is 16.4. The first-order valence-electron chi connectivity index (χ1n) is 8.64.